The number of halogens is 1. The van der Waals surface area contributed by atoms with Crippen molar-refractivity contribution in [3.63, 3.8) is 0 Å². The second-order valence-corrected chi connectivity index (χ2v) is 5.28. The van der Waals surface area contributed by atoms with E-state index in [4.69, 9.17) is 0 Å². The van der Waals surface area contributed by atoms with Crippen molar-refractivity contribution in [2.24, 2.45) is 0 Å². The van der Waals surface area contributed by atoms with Crippen LogP contribution in [0.5, 0.6) is 0 Å². The molecule has 0 spiro atoms. The molecule has 1 atom stereocenters. The third-order valence-electron chi connectivity index (χ3n) is 3.97. The first-order valence-corrected chi connectivity index (χ1v) is 7.10. The van der Waals surface area contributed by atoms with Crippen molar-refractivity contribution >= 4 is 16.7 Å². The summed E-state index contributed by atoms with van der Waals surface area (Å²) in [5.74, 6) is 0.144. The average molecular weight is 309 g/mol. The number of benzene rings is 1. The first-order chi connectivity index (χ1) is 11.1. The Hall–Kier alpha value is -3.09. The molecular formula is C16H12FN5O. The van der Waals surface area contributed by atoms with Gasteiger partial charge in [0.1, 0.15) is 12.1 Å². The third-order valence-corrected chi connectivity index (χ3v) is 3.97. The number of aromatic nitrogens is 5. The Morgan fingerprint density at radius 2 is 1.91 bits per heavy atom. The van der Waals surface area contributed by atoms with Crippen LogP contribution in [0.4, 0.5) is 4.39 Å². The molecule has 0 fully saturated rings. The SMILES string of the molecule is CC(c1ccc(F)cc1)n1ccc2c(cnc3ncnn32)c1=O. The molecule has 6 nitrogen and oxygen atoms in total. The van der Waals surface area contributed by atoms with Crippen LogP contribution in [0, 0.1) is 5.82 Å². The predicted octanol–water partition coefficient (Wildman–Crippen LogP) is 2.19. The van der Waals surface area contributed by atoms with Gasteiger partial charge in [-0.2, -0.15) is 14.6 Å². The molecule has 4 aromatic rings. The van der Waals surface area contributed by atoms with E-state index in [0.717, 1.165) is 5.56 Å². The second kappa shape index (κ2) is 4.98. The van der Waals surface area contributed by atoms with Gasteiger partial charge in [0, 0.05) is 12.4 Å². The summed E-state index contributed by atoms with van der Waals surface area (Å²) in [5, 5.41) is 4.54. The first-order valence-electron chi connectivity index (χ1n) is 7.10. The van der Waals surface area contributed by atoms with Gasteiger partial charge in [-0.1, -0.05) is 12.1 Å². The maximum atomic E-state index is 13.1. The summed E-state index contributed by atoms with van der Waals surface area (Å²) in [7, 11) is 0. The van der Waals surface area contributed by atoms with E-state index in [9.17, 15) is 9.18 Å². The molecule has 0 bridgehead atoms. The van der Waals surface area contributed by atoms with Crippen LogP contribution in [0.25, 0.3) is 16.7 Å². The summed E-state index contributed by atoms with van der Waals surface area (Å²) in [5.41, 5.74) is 1.33. The number of hydrogen-bond donors (Lipinski definition) is 0. The van der Waals surface area contributed by atoms with Gasteiger partial charge < -0.3 is 4.57 Å². The quantitative estimate of drug-likeness (QED) is 0.569. The Kier molecular flexibility index (Phi) is 2.94. The van der Waals surface area contributed by atoms with Crippen molar-refractivity contribution < 1.29 is 4.39 Å². The van der Waals surface area contributed by atoms with Gasteiger partial charge in [0.25, 0.3) is 11.3 Å². The average Bonchev–Trinajstić information content (AvgIpc) is 3.04. The van der Waals surface area contributed by atoms with Gasteiger partial charge in [0.2, 0.25) is 0 Å². The van der Waals surface area contributed by atoms with Gasteiger partial charge in [-0.3, -0.25) is 4.79 Å². The standard InChI is InChI=1S/C16H12FN5O/c1-10(11-2-4-12(17)5-3-11)21-7-6-14-13(15(21)23)8-18-16-19-9-20-22(14)16/h2-10H,1H3. The van der Waals surface area contributed by atoms with E-state index in [1.54, 1.807) is 29.0 Å². The van der Waals surface area contributed by atoms with Crippen molar-refractivity contribution in [3.8, 4) is 0 Å². The lowest BCUT2D eigenvalue weighted by molar-refractivity contribution is 0.606. The maximum absolute atomic E-state index is 13.1. The summed E-state index contributed by atoms with van der Waals surface area (Å²) in [6, 6.07) is 7.71. The molecule has 0 amide bonds. The summed E-state index contributed by atoms with van der Waals surface area (Å²) in [6.07, 6.45) is 4.61. The molecule has 23 heavy (non-hydrogen) atoms. The largest absolute Gasteiger partial charge is 0.308 e. The van der Waals surface area contributed by atoms with Crippen LogP contribution in [0.2, 0.25) is 0 Å². The molecule has 0 saturated heterocycles. The third kappa shape index (κ3) is 2.09. The Labute approximate surface area is 129 Å². The lowest BCUT2D eigenvalue weighted by Crippen LogP contribution is -2.24. The van der Waals surface area contributed by atoms with E-state index in [2.05, 4.69) is 15.1 Å². The van der Waals surface area contributed by atoms with Crippen molar-refractivity contribution in [2.45, 2.75) is 13.0 Å². The number of rotatable bonds is 2. The first kappa shape index (κ1) is 13.6. The minimum atomic E-state index is -0.301. The van der Waals surface area contributed by atoms with Crippen LogP contribution in [-0.4, -0.2) is 24.1 Å². The van der Waals surface area contributed by atoms with Crippen LogP contribution in [-0.2, 0) is 0 Å². The normalized spacial score (nSPS) is 12.8. The Bertz CT molecular complexity index is 1070. The fraction of sp³-hybridized carbons (Fsp3) is 0.125. The Balaban J connectivity index is 1.90. The molecule has 0 aliphatic rings. The number of fused-ring (bicyclic) bond motifs is 3. The van der Waals surface area contributed by atoms with E-state index in [-0.39, 0.29) is 17.4 Å². The summed E-state index contributed by atoms with van der Waals surface area (Å²) in [4.78, 5) is 20.9. The zero-order valence-electron chi connectivity index (χ0n) is 12.2. The van der Waals surface area contributed by atoms with Gasteiger partial charge in [0.15, 0.2) is 0 Å². The van der Waals surface area contributed by atoms with Crippen LogP contribution in [0.3, 0.4) is 0 Å². The lowest BCUT2D eigenvalue weighted by atomic mass is 10.1. The smallest absolute Gasteiger partial charge is 0.262 e. The van der Waals surface area contributed by atoms with Crippen LogP contribution >= 0.6 is 0 Å². The van der Waals surface area contributed by atoms with Gasteiger partial charge in [0.05, 0.1) is 16.9 Å². The molecule has 114 valence electrons. The molecule has 0 radical (unpaired) electrons. The molecular weight excluding hydrogens is 297 g/mol. The monoisotopic (exact) mass is 309 g/mol. The second-order valence-electron chi connectivity index (χ2n) is 5.28. The van der Waals surface area contributed by atoms with Crippen molar-refractivity contribution in [3.05, 3.63) is 70.8 Å². The van der Waals surface area contributed by atoms with Gasteiger partial charge >= 0.3 is 0 Å². The maximum Gasteiger partial charge on any atom is 0.262 e. The summed E-state index contributed by atoms with van der Waals surface area (Å²) >= 11 is 0. The molecule has 7 heteroatoms. The molecule has 4 rings (SSSR count). The predicted molar refractivity (Wildman–Crippen MR) is 82.8 cm³/mol. The van der Waals surface area contributed by atoms with E-state index >= 15 is 0 Å². The molecule has 0 N–H and O–H groups in total. The highest BCUT2D eigenvalue weighted by Gasteiger charge is 2.13. The molecule has 3 aromatic heterocycles. The topological polar surface area (TPSA) is 65.1 Å². The fourth-order valence-electron chi connectivity index (χ4n) is 2.69. The van der Waals surface area contributed by atoms with Crippen molar-refractivity contribution in [2.75, 3.05) is 0 Å². The molecule has 1 unspecified atom stereocenters. The highest BCUT2D eigenvalue weighted by atomic mass is 19.1. The summed E-state index contributed by atoms with van der Waals surface area (Å²) < 4.78 is 16.2. The van der Waals surface area contributed by atoms with Crippen LogP contribution in [0.1, 0.15) is 18.5 Å². The lowest BCUT2D eigenvalue weighted by Gasteiger charge is -2.16. The van der Waals surface area contributed by atoms with Gasteiger partial charge in [-0.05, 0) is 30.7 Å². The number of pyridine rings is 1. The zero-order chi connectivity index (χ0) is 16.0. The van der Waals surface area contributed by atoms with E-state index in [1.165, 1.54) is 29.2 Å². The molecule has 0 saturated carbocycles. The van der Waals surface area contributed by atoms with Crippen molar-refractivity contribution in [1.29, 1.82) is 0 Å². The van der Waals surface area contributed by atoms with Crippen molar-refractivity contribution in [1.82, 2.24) is 24.1 Å². The highest BCUT2D eigenvalue weighted by Crippen LogP contribution is 2.18. The van der Waals surface area contributed by atoms with Crippen LogP contribution in [0.15, 0.2) is 53.8 Å². The Morgan fingerprint density at radius 3 is 2.70 bits per heavy atom. The van der Waals surface area contributed by atoms with E-state index in [1.807, 2.05) is 6.92 Å². The van der Waals surface area contributed by atoms with Gasteiger partial charge in [-0.25, -0.2) is 9.37 Å². The Morgan fingerprint density at radius 1 is 1.13 bits per heavy atom. The fourth-order valence-corrected chi connectivity index (χ4v) is 2.69. The number of hydrogen-bond acceptors (Lipinski definition) is 4. The molecule has 0 aliphatic heterocycles. The minimum absolute atomic E-state index is 0.177. The highest BCUT2D eigenvalue weighted by molar-refractivity contribution is 5.78. The zero-order valence-corrected chi connectivity index (χ0v) is 12.2. The van der Waals surface area contributed by atoms with Gasteiger partial charge in [-0.15, -0.1) is 0 Å². The number of nitrogens with zero attached hydrogens (tertiary/aromatic N) is 5. The molecule has 3 heterocycles. The van der Waals surface area contributed by atoms with E-state index in [0.29, 0.717) is 16.7 Å². The van der Waals surface area contributed by atoms with E-state index < -0.39 is 0 Å². The molecule has 0 aliphatic carbocycles. The summed E-state index contributed by atoms with van der Waals surface area (Å²) in [6.45, 7) is 1.89. The van der Waals surface area contributed by atoms with Crippen LogP contribution < -0.4 is 5.56 Å². The minimum Gasteiger partial charge on any atom is -0.308 e. The molecule has 1 aromatic carbocycles.